The third-order valence-electron chi connectivity index (χ3n) is 4.69. The zero-order valence-electron chi connectivity index (χ0n) is 15.1. The van der Waals surface area contributed by atoms with E-state index in [1.54, 1.807) is 12.1 Å². The molecule has 0 aromatic heterocycles. The third kappa shape index (κ3) is 4.48. The molecule has 2 atom stereocenters. The minimum atomic E-state index is -3.95. The maximum Gasteiger partial charge on any atom is 0.264 e. The Hall–Kier alpha value is -2.39. The molecule has 2 aliphatic rings. The van der Waals surface area contributed by atoms with E-state index >= 15 is 0 Å². The maximum atomic E-state index is 13.0. The van der Waals surface area contributed by atoms with Gasteiger partial charge in [-0.3, -0.25) is 13.9 Å². The van der Waals surface area contributed by atoms with Crippen LogP contribution in [-0.4, -0.2) is 49.7 Å². The molecule has 1 saturated heterocycles. The summed E-state index contributed by atoms with van der Waals surface area (Å²) in [4.78, 5) is 24.8. The summed E-state index contributed by atoms with van der Waals surface area (Å²) in [5, 5.41) is 8.56. The van der Waals surface area contributed by atoms with Gasteiger partial charge < -0.3 is 16.0 Å². The van der Waals surface area contributed by atoms with Crippen LogP contribution in [0.4, 0.5) is 0 Å². The number of hydrogen-bond acceptors (Lipinski definition) is 5. The van der Waals surface area contributed by atoms with Crippen molar-refractivity contribution in [2.45, 2.75) is 43.2 Å². The highest BCUT2D eigenvalue weighted by molar-refractivity contribution is 7.89. The molecule has 9 heteroatoms. The molecule has 3 N–H and O–H groups in total. The van der Waals surface area contributed by atoms with E-state index in [4.69, 9.17) is 0 Å². The zero-order valence-corrected chi connectivity index (χ0v) is 16.0. The number of sulfonamides is 1. The smallest absolute Gasteiger partial charge is 0.264 e. The lowest BCUT2D eigenvalue weighted by Crippen LogP contribution is -2.52. The van der Waals surface area contributed by atoms with Gasteiger partial charge >= 0.3 is 0 Å². The number of benzene rings is 1. The molecule has 1 aromatic carbocycles. The standard InChI is InChI=1S/C18H24N4O4S/c1-13-4-6-15(7-5-13)27(25,26)22-10-9-20-18(24)16(22)11-17(23)21-14-3-2-8-19-12-14/h4-7,9-10,14,16,19H,2-3,8,11-12H2,1H3,(H,20,24)(H,21,23)/t14-,16+/m0/s1. The van der Waals surface area contributed by atoms with Gasteiger partial charge in [0.05, 0.1) is 11.3 Å². The molecular formula is C18H24N4O4S. The van der Waals surface area contributed by atoms with E-state index < -0.39 is 22.0 Å². The summed E-state index contributed by atoms with van der Waals surface area (Å²) in [6.07, 6.45) is 4.15. The fourth-order valence-electron chi connectivity index (χ4n) is 3.21. The van der Waals surface area contributed by atoms with Crippen LogP contribution in [0.2, 0.25) is 0 Å². The minimum absolute atomic E-state index is 0.00407. The molecular weight excluding hydrogens is 368 g/mol. The summed E-state index contributed by atoms with van der Waals surface area (Å²) in [5.74, 6) is -0.867. The molecule has 2 aliphatic heterocycles. The number of carbonyl (C=O) groups is 2. The van der Waals surface area contributed by atoms with E-state index in [2.05, 4.69) is 16.0 Å². The van der Waals surface area contributed by atoms with Crippen molar-refractivity contribution in [2.75, 3.05) is 13.1 Å². The Morgan fingerprint density at radius 1 is 1.30 bits per heavy atom. The number of piperidine rings is 1. The summed E-state index contributed by atoms with van der Waals surface area (Å²) in [5.41, 5.74) is 0.929. The second kappa shape index (κ2) is 8.10. The summed E-state index contributed by atoms with van der Waals surface area (Å²) in [7, 11) is -3.95. The first kappa shape index (κ1) is 19.4. The first-order valence-corrected chi connectivity index (χ1v) is 10.4. The Morgan fingerprint density at radius 3 is 2.70 bits per heavy atom. The van der Waals surface area contributed by atoms with Crippen molar-refractivity contribution < 1.29 is 18.0 Å². The maximum absolute atomic E-state index is 13.0. The monoisotopic (exact) mass is 392 g/mol. The van der Waals surface area contributed by atoms with Crippen LogP contribution < -0.4 is 16.0 Å². The topological polar surface area (TPSA) is 108 Å². The van der Waals surface area contributed by atoms with Crippen molar-refractivity contribution in [3.8, 4) is 0 Å². The third-order valence-corrected chi connectivity index (χ3v) is 6.49. The van der Waals surface area contributed by atoms with E-state index in [0.717, 1.165) is 29.3 Å². The number of carbonyl (C=O) groups excluding carboxylic acids is 2. The molecule has 1 fully saturated rings. The van der Waals surface area contributed by atoms with Gasteiger partial charge in [-0.2, -0.15) is 0 Å². The van der Waals surface area contributed by atoms with Gasteiger partial charge in [-0.05, 0) is 38.4 Å². The number of amides is 2. The van der Waals surface area contributed by atoms with E-state index in [0.29, 0.717) is 6.54 Å². The lowest BCUT2D eigenvalue weighted by molar-refractivity contribution is -0.129. The lowest BCUT2D eigenvalue weighted by atomic mass is 10.1. The molecule has 3 rings (SSSR count). The average Bonchev–Trinajstić information content (AvgIpc) is 2.64. The summed E-state index contributed by atoms with van der Waals surface area (Å²) < 4.78 is 26.9. The van der Waals surface area contributed by atoms with E-state index in [-0.39, 0.29) is 23.3 Å². The first-order chi connectivity index (χ1) is 12.9. The Labute approximate surface area is 159 Å². The van der Waals surface area contributed by atoms with Crippen LogP contribution in [0, 0.1) is 6.92 Å². The predicted octanol–water partition coefficient (Wildman–Crippen LogP) is 0.214. The van der Waals surface area contributed by atoms with Crippen LogP contribution in [-0.2, 0) is 19.6 Å². The fraction of sp³-hybridized carbons (Fsp3) is 0.444. The summed E-state index contributed by atoms with van der Waals surface area (Å²) in [6.45, 7) is 3.45. The number of rotatable bonds is 5. The van der Waals surface area contributed by atoms with Gasteiger partial charge in [0.15, 0.2) is 0 Å². The quantitative estimate of drug-likeness (QED) is 0.664. The van der Waals surface area contributed by atoms with Crippen molar-refractivity contribution in [3.63, 3.8) is 0 Å². The number of nitrogens with one attached hydrogen (secondary N) is 3. The molecule has 146 valence electrons. The van der Waals surface area contributed by atoms with E-state index in [9.17, 15) is 18.0 Å². The number of aryl methyl sites for hydroxylation is 1. The first-order valence-electron chi connectivity index (χ1n) is 8.95. The van der Waals surface area contributed by atoms with Gasteiger partial charge in [0.25, 0.3) is 10.0 Å². The van der Waals surface area contributed by atoms with Crippen molar-refractivity contribution >= 4 is 21.8 Å². The van der Waals surface area contributed by atoms with E-state index in [1.807, 2.05) is 6.92 Å². The van der Waals surface area contributed by atoms with Crippen LogP contribution >= 0.6 is 0 Å². The molecule has 8 nitrogen and oxygen atoms in total. The van der Waals surface area contributed by atoms with Gasteiger partial charge in [0.1, 0.15) is 6.04 Å². The van der Waals surface area contributed by atoms with Gasteiger partial charge in [-0.15, -0.1) is 0 Å². The molecule has 27 heavy (non-hydrogen) atoms. The molecule has 0 unspecified atom stereocenters. The van der Waals surface area contributed by atoms with Gasteiger partial charge in [-0.25, -0.2) is 8.42 Å². The molecule has 0 radical (unpaired) electrons. The molecule has 0 saturated carbocycles. The van der Waals surface area contributed by atoms with Crippen LogP contribution in [0.15, 0.2) is 41.6 Å². The van der Waals surface area contributed by atoms with Gasteiger partial charge in [0.2, 0.25) is 11.8 Å². The molecule has 0 aliphatic carbocycles. The van der Waals surface area contributed by atoms with Crippen molar-refractivity contribution in [2.24, 2.45) is 0 Å². The predicted molar refractivity (Wildman–Crippen MR) is 99.9 cm³/mol. The number of hydrogen-bond donors (Lipinski definition) is 3. The van der Waals surface area contributed by atoms with Crippen molar-refractivity contribution in [1.82, 2.24) is 20.3 Å². The zero-order chi connectivity index (χ0) is 19.4. The Bertz CT molecular complexity index is 829. The average molecular weight is 392 g/mol. The highest BCUT2D eigenvalue weighted by atomic mass is 32.2. The second-order valence-electron chi connectivity index (χ2n) is 6.80. The fourth-order valence-corrected chi connectivity index (χ4v) is 4.66. The SMILES string of the molecule is Cc1ccc(S(=O)(=O)N2C=CNC(=O)[C@H]2CC(=O)N[C@H]2CCCNC2)cc1. The Kier molecular flexibility index (Phi) is 5.81. The highest BCUT2D eigenvalue weighted by Crippen LogP contribution is 2.22. The lowest BCUT2D eigenvalue weighted by Gasteiger charge is -2.32. The molecule has 1 aromatic rings. The molecule has 2 amide bonds. The Balaban J connectivity index is 1.77. The normalized spacial score (nSPS) is 23.0. The summed E-state index contributed by atoms with van der Waals surface area (Å²) in [6, 6.07) is 5.25. The van der Waals surface area contributed by atoms with Crippen molar-refractivity contribution in [3.05, 3.63) is 42.2 Å². The molecule has 0 spiro atoms. The highest BCUT2D eigenvalue weighted by Gasteiger charge is 2.37. The Morgan fingerprint density at radius 2 is 2.04 bits per heavy atom. The van der Waals surface area contributed by atoms with E-state index in [1.165, 1.54) is 24.5 Å². The van der Waals surface area contributed by atoms with Crippen LogP contribution in [0.1, 0.15) is 24.8 Å². The minimum Gasteiger partial charge on any atom is -0.352 e. The largest absolute Gasteiger partial charge is 0.352 e. The van der Waals surface area contributed by atoms with Crippen LogP contribution in [0.25, 0.3) is 0 Å². The molecule has 0 bridgehead atoms. The number of nitrogens with zero attached hydrogens (tertiary/aromatic N) is 1. The molecule has 2 heterocycles. The van der Waals surface area contributed by atoms with Gasteiger partial charge in [-0.1, -0.05) is 17.7 Å². The second-order valence-corrected chi connectivity index (χ2v) is 8.65. The van der Waals surface area contributed by atoms with Crippen LogP contribution in [0.5, 0.6) is 0 Å². The van der Waals surface area contributed by atoms with Crippen LogP contribution in [0.3, 0.4) is 0 Å². The van der Waals surface area contributed by atoms with Gasteiger partial charge in [0, 0.05) is 25.0 Å². The van der Waals surface area contributed by atoms with Crippen molar-refractivity contribution in [1.29, 1.82) is 0 Å². The summed E-state index contributed by atoms with van der Waals surface area (Å²) >= 11 is 0.